The van der Waals surface area contributed by atoms with Crippen LogP contribution in [0.2, 0.25) is 5.02 Å². The van der Waals surface area contributed by atoms with Crippen LogP contribution in [0.5, 0.6) is 0 Å². The molecular formula is C22H21ClN5. The van der Waals surface area contributed by atoms with E-state index in [1.807, 2.05) is 47.3 Å². The molecule has 0 bridgehead atoms. The third kappa shape index (κ3) is 4.31. The van der Waals surface area contributed by atoms with Crippen molar-refractivity contribution >= 4 is 28.5 Å². The van der Waals surface area contributed by atoms with Gasteiger partial charge in [0.15, 0.2) is 0 Å². The highest BCUT2D eigenvalue weighted by Crippen LogP contribution is 2.23. The summed E-state index contributed by atoms with van der Waals surface area (Å²) in [6, 6.07) is 13.9. The Balaban J connectivity index is 1.51. The zero-order valence-electron chi connectivity index (χ0n) is 15.9. The van der Waals surface area contributed by atoms with Gasteiger partial charge in [-0.15, -0.1) is 0 Å². The van der Waals surface area contributed by atoms with E-state index in [1.54, 1.807) is 6.20 Å². The second-order valence-electron chi connectivity index (χ2n) is 7.08. The maximum absolute atomic E-state index is 6.03. The predicted molar refractivity (Wildman–Crippen MR) is 114 cm³/mol. The van der Waals surface area contributed by atoms with Crippen LogP contribution in [0.4, 0.5) is 5.82 Å². The number of benzene rings is 2. The average molecular weight is 391 g/mol. The molecule has 1 N–H and O–H groups in total. The van der Waals surface area contributed by atoms with Crippen molar-refractivity contribution in [2.45, 2.75) is 26.9 Å². The molecule has 0 unspecified atom stereocenters. The molecular weight excluding hydrogens is 370 g/mol. The minimum atomic E-state index is 0.645. The lowest BCUT2D eigenvalue weighted by Crippen LogP contribution is -2.02. The summed E-state index contributed by atoms with van der Waals surface area (Å²) in [5.41, 5.74) is 4.97. The third-order valence-corrected chi connectivity index (χ3v) is 4.58. The van der Waals surface area contributed by atoms with Crippen LogP contribution in [-0.2, 0) is 13.1 Å². The second kappa shape index (κ2) is 7.98. The molecule has 28 heavy (non-hydrogen) atoms. The van der Waals surface area contributed by atoms with E-state index >= 15 is 0 Å². The Morgan fingerprint density at radius 3 is 2.75 bits per heavy atom. The maximum Gasteiger partial charge on any atom is 0.145 e. The van der Waals surface area contributed by atoms with Crippen molar-refractivity contribution in [3.05, 3.63) is 77.6 Å². The predicted octanol–water partition coefficient (Wildman–Crippen LogP) is 5.37. The molecule has 0 saturated carbocycles. The fraction of sp³-hybridized carbons (Fsp3) is 0.182. The van der Waals surface area contributed by atoms with Crippen molar-refractivity contribution in [1.29, 1.82) is 0 Å². The smallest absolute Gasteiger partial charge is 0.145 e. The molecule has 0 aliphatic rings. The van der Waals surface area contributed by atoms with Gasteiger partial charge in [-0.05, 0) is 41.3 Å². The Hall–Kier alpha value is -2.92. The van der Waals surface area contributed by atoms with E-state index in [2.05, 4.69) is 46.5 Å². The molecule has 0 amide bonds. The monoisotopic (exact) mass is 390 g/mol. The van der Waals surface area contributed by atoms with Gasteiger partial charge in [-0.25, -0.2) is 4.98 Å². The normalized spacial score (nSPS) is 11.3. The number of anilines is 1. The lowest BCUT2D eigenvalue weighted by molar-refractivity contribution is 0.629. The van der Waals surface area contributed by atoms with Gasteiger partial charge in [-0.3, -0.25) is 9.67 Å². The largest absolute Gasteiger partial charge is 0.365 e. The van der Waals surface area contributed by atoms with E-state index in [1.165, 1.54) is 5.92 Å². The zero-order valence-corrected chi connectivity index (χ0v) is 16.6. The first-order valence-corrected chi connectivity index (χ1v) is 9.51. The van der Waals surface area contributed by atoms with E-state index in [0.29, 0.717) is 6.54 Å². The van der Waals surface area contributed by atoms with E-state index in [0.717, 1.165) is 45.1 Å². The topological polar surface area (TPSA) is 55.6 Å². The number of fused-ring (bicyclic) bond motifs is 1. The molecule has 1 radical (unpaired) electrons. The summed E-state index contributed by atoms with van der Waals surface area (Å²) >= 11 is 6.03. The molecule has 5 nitrogen and oxygen atoms in total. The summed E-state index contributed by atoms with van der Waals surface area (Å²) in [6.45, 7) is 5.68. The van der Waals surface area contributed by atoms with Crippen molar-refractivity contribution in [1.82, 2.24) is 19.7 Å². The van der Waals surface area contributed by atoms with Gasteiger partial charge in [0.2, 0.25) is 0 Å². The molecule has 2 aromatic carbocycles. The lowest BCUT2D eigenvalue weighted by Gasteiger charge is -2.07. The van der Waals surface area contributed by atoms with Crippen LogP contribution in [0.3, 0.4) is 0 Å². The van der Waals surface area contributed by atoms with E-state index in [-0.39, 0.29) is 0 Å². The van der Waals surface area contributed by atoms with E-state index in [4.69, 9.17) is 11.6 Å². The van der Waals surface area contributed by atoms with Gasteiger partial charge in [0, 0.05) is 29.9 Å². The minimum Gasteiger partial charge on any atom is -0.365 e. The van der Waals surface area contributed by atoms with Crippen LogP contribution in [0.15, 0.2) is 61.1 Å². The fourth-order valence-corrected chi connectivity index (χ4v) is 3.25. The highest BCUT2D eigenvalue weighted by atomic mass is 35.5. The summed E-state index contributed by atoms with van der Waals surface area (Å²) < 4.78 is 1.95. The van der Waals surface area contributed by atoms with Gasteiger partial charge in [0.1, 0.15) is 5.82 Å². The minimum absolute atomic E-state index is 0.645. The molecule has 4 aromatic rings. The number of halogens is 1. The molecule has 0 saturated heterocycles. The van der Waals surface area contributed by atoms with Crippen LogP contribution in [-0.4, -0.2) is 19.7 Å². The lowest BCUT2D eigenvalue weighted by atomic mass is 10.1. The summed E-state index contributed by atoms with van der Waals surface area (Å²) in [7, 11) is 0. The molecule has 141 valence electrons. The van der Waals surface area contributed by atoms with Gasteiger partial charge >= 0.3 is 0 Å². The molecule has 2 heterocycles. The Morgan fingerprint density at radius 1 is 1.04 bits per heavy atom. The van der Waals surface area contributed by atoms with Gasteiger partial charge in [-0.2, -0.15) is 5.10 Å². The Bertz CT molecular complexity index is 1100. The summed E-state index contributed by atoms with van der Waals surface area (Å²) in [5, 5.41) is 8.46. The Morgan fingerprint density at radius 2 is 1.93 bits per heavy atom. The number of aromatic nitrogens is 4. The fourth-order valence-electron chi connectivity index (χ4n) is 3.04. The van der Waals surface area contributed by atoms with Crippen LogP contribution in [0, 0.1) is 5.92 Å². The van der Waals surface area contributed by atoms with Gasteiger partial charge < -0.3 is 5.32 Å². The summed E-state index contributed by atoms with van der Waals surface area (Å²) in [4.78, 5) is 9.23. The van der Waals surface area contributed by atoms with Crippen LogP contribution in [0.1, 0.15) is 19.4 Å². The Kier molecular flexibility index (Phi) is 5.26. The van der Waals surface area contributed by atoms with E-state index in [9.17, 15) is 0 Å². The first-order valence-electron chi connectivity index (χ1n) is 9.14. The number of nitrogens with zero attached hydrogens (tertiary/aromatic N) is 4. The number of rotatable bonds is 6. The van der Waals surface area contributed by atoms with Crippen molar-refractivity contribution in [3.63, 3.8) is 0 Å². The summed E-state index contributed by atoms with van der Waals surface area (Å²) in [5.74, 6) is 2.05. The average Bonchev–Trinajstić information content (AvgIpc) is 3.13. The zero-order chi connectivity index (χ0) is 19.5. The second-order valence-corrected chi connectivity index (χ2v) is 7.51. The molecule has 0 aliphatic carbocycles. The standard InChI is InChI=1S/C22H21ClN5/c1-15(2)13-28-14-18(11-26-28)17-6-7-20-21(9-17)24-12-22(27-20)25-10-16-4-3-5-19(23)8-16/h3-9,11-12,14H,10,13H2,1-2H3,(H,25,27). The van der Waals surface area contributed by atoms with Crippen molar-refractivity contribution in [2.75, 3.05) is 5.32 Å². The number of nitrogens with one attached hydrogen (secondary N) is 1. The first kappa shape index (κ1) is 18.4. The Labute approximate surface area is 169 Å². The molecule has 6 heteroatoms. The van der Waals surface area contributed by atoms with Crippen LogP contribution in [0.25, 0.3) is 22.2 Å². The number of hydrogen-bond donors (Lipinski definition) is 1. The van der Waals surface area contributed by atoms with Gasteiger partial charge in [0.05, 0.1) is 23.4 Å². The SMILES string of the molecule is C[C](C)Cn1cc(-c2ccc3nc(NCc4cccc(Cl)c4)cnc3c2)cn1. The quantitative estimate of drug-likeness (QED) is 0.480. The van der Waals surface area contributed by atoms with Crippen molar-refractivity contribution in [3.8, 4) is 11.1 Å². The van der Waals surface area contributed by atoms with Crippen molar-refractivity contribution < 1.29 is 0 Å². The van der Waals surface area contributed by atoms with Crippen LogP contribution < -0.4 is 5.32 Å². The maximum atomic E-state index is 6.03. The molecule has 4 rings (SSSR count). The summed E-state index contributed by atoms with van der Waals surface area (Å²) in [6.07, 6.45) is 5.70. The molecule has 0 aliphatic heterocycles. The van der Waals surface area contributed by atoms with Gasteiger partial charge in [0.25, 0.3) is 0 Å². The van der Waals surface area contributed by atoms with Crippen LogP contribution >= 0.6 is 11.6 Å². The molecule has 2 aromatic heterocycles. The van der Waals surface area contributed by atoms with Gasteiger partial charge in [-0.1, -0.05) is 43.6 Å². The van der Waals surface area contributed by atoms with E-state index < -0.39 is 0 Å². The highest BCUT2D eigenvalue weighted by molar-refractivity contribution is 6.30. The highest BCUT2D eigenvalue weighted by Gasteiger charge is 2.07. The van der Waals surface area contributed by atoms with Crippen molar-refractivity contribution in [2.24, 2.45) is 0 Å². The third-order valence-electron chi connectivity index (χ3n) is 4.35. The number of hydrogen-bond acceptors (Lipinski definition) is 4. The first-order chi connectivity index (χ1) is 13.6. The molecule has 0 atom stereocenters. The molecule has 0 spiro atoms. The molecule has 0 fully saturated rings.